The van der Waals surface area contributed by atoms with Gasteiger partial charge in [0.2, 0.25) is 0 Å². The van der Waals surface area contributed by atoms with Crippen LogP contribution in [0.5, 0.6) is 0 Å². The minimum atomic E-state index is -4.39. The van der Waals surface area contributed by atoms with E-state index in [2.05, 4.69) is 0 Å². The van der Waals surface area contributed by atoms with E-state index in [1.807, 2.05) is 30.3 Å². The second-order valence-electron chi connectivity index (χ2n) is 3.11. The van der Waals surface area contributed by atoms with E-state index in [-0.39, 0.29) is 12.1 Å². The van der Waals surface area contributed by atoms with Gasteiger partial charge in [0.1, 0.15) is 0 Å². The van der Waals surface area contributed by atoms with Gasteiger partial charge in [-0.05, 0) is 17.6 Å². The van der Waals surface area contributed by atoms with Crippen molar-refractivity contribution in [1.29, 1.82) is 0 Å². The molecule has 0 bridgehead atoms. The average molecular weight is 198 g/mol. The Hall–Kier alpha value is -0.630. The summed E-state index contributed by atoms with van der Waals surface area (Å²) in [6.07, 6.45) is -0.309. The van der Waals surface area contributed by atoms with Gasteiger partial charge >= 0.3 is 0 Å². The van der Waals surface area contributed by atoms with Gasteiger partial charge in [-0.3, -0.25) is 0 Å². The van der Waals surface area contributed by atoms with E-state index in [9.17, 15) is 14.4 Å². The molecule has 13 heavy (non-hydrogen) atoms. The summed E-state index contributed by atoms with van der Waals surface area (Å²) in [5, 5.41) is 0. The second kappa shape index (κ2) is 4.05. The summed E-state index contributed by atoms with van der Waals surface area (Å²) in [4.78, 5) is 21.0. The van der Waals surface area contributed by atoms with Crippen LogP contribution in [-0.2, 0) is 4.57 Å². The van der Waals surface area contributed by atoms with E-state index in [1.54, 1.807) is 6.92 Å². The van der Waals surface area contributed by atoms with Gasteiger partial charge in [0.25, 0.3) is 0 Å². The highest BCUT2D eigenvalue weighted by atomic mass is 31.2. The molecule has 0 fully saturated rings. The van der Waals surface area contributed by atoms with Gasteiger partial charge in [0, 0.05) is 0 Å². The Balaban J connectivity index is 2.70. The third-order valence-corrected chi connectivity index (χ3v) is 2.86. The summed E-state index contributed by atoms with van der Waals surface area (Å²) in [5.74, 6) is -0.220. The largest absolute Gasteiger partial charge is 0.811 e. The lowest BCUT2D eigenvalue weighted by Gasteiger charge is -2.32. The first-order valence-corrected chi connectivity index (χ1v) is 5.78. The summed E-state index contributed by atoms with van der Waals surface area (Å²) < 4.78 is 10.5. The van der Waals surface area contributed by atoms with Crippen LogP contribution in [0.15, 0.2) is 30.3 Å². The minimum absolute atomic E-state index is 0.220. The van der Waals surface area contributed by atoms with Gasteiger partial charge in [-0.1, -0.05) is 44.9 Å². The molecule has 0 spiro atoms. The van der Waals surface area contributed by atoms with Gasteiger partial charge in [-0.15, -0.1) is 0 Å². The fourth-order valence-electron chi connectivity index (χ4n) is 1.22. The van der Waals surface area contributed by atoms with Gasteiger partial charge in [-0.2, -0.15) is 0 Å². The first-order chi connectivity index (χ1) is 5.99. The van der Waals surface area contributed by atoms with Gasteiger partial charge in [0.15, 0.2) is 0 Å². The van der Waals surface area contributed by atoms with E-state index in [1.165, 1.54) is 0 Å². The Morgan fingerprint density at radius 3 is 2.31 bits per heavy atom. The Kier molecular flexibility index (Phi) is 3.26. The van der Waals surface area contributed by atoms with Crippen molar-refractivity contribution in [3.8, 4) is 0 Å². The molecule has 0 amide bonds. The van der Waals surface area contributed by atoms with E-state index >= 15 is 0 Å². The monoisotopic (exact) mass is 198 g/mol. The van der Waals surface area contributed by atoms with Crippen LogP contribution < -0.4 is 9.79 Å². The van der Waals surface area contributed by atoms with Gasteiger partial charge < -0.3 is 14.4 Å². The van der Waals surface area contributed by atoms with Gasteiger partial charge in [-0.25, -0.2) is 0 Å². The summed E-state index contributed by atoms with van der Waals surface area (Å²) in [7, 11) is -4.39. The Morgan fingerprint density at radius 2 is 1.85 bits per heavy atom. The lowest BCUT2D eigenvalue weighted by molar-refractivity contribution is -0.313. The Bertz CT molecular complexity index is 304. The van der Waals surface area contributed by atoms with Crippen LogP contribution in [0.25, 0.3) is 0 Å². The first-order valence-electron chi connectivity index (χ1n) is 4.05. The van der Waals surface area contributed by atoms with E-state index in [0.717, 1.165) is 5.56 Å². The minimum Gasteiger partial charge on any atom is -0.811 e. The molecule has 3 nitrogen and oxygen atoms in total. The average Bonchev–Trinajstić information content (AvgIpc) is 2.03. The molecular formula is C9H11O3P-2. The lowest BCUT2D eigenvalue weighted by atomic mass is 10.0. The fourth-order valence-corrected chi connectivity index (χ4v) is 2.10. The van der Waals surface area contributed by atoms with Crippen LogP contribution in [0.4, 0.5) is 0 Å². The summed E-state index contributed by atoms with van der Waals surface area (Å²) in [6, 6.07) is 9.14. The van der Waals surface area contributed by atoms with Crippen molar-refractivity contribution in [2.45, 2.75) is 12.8 Å². The van der Waals surface area contributed by atoms with Crippen molar-refractivity contribution in [2.24, 2.45) is 0 Å². The third-order valence-electron chi connectivity index (χ3n) is 1.87. The SMILES string of the molecule is CC(CP(=O)([O-])[O-])c1ccccc1. The van der Waals surface area contributed by atoms with Crippen molar-refractivity contribution >= 4 is 7.60 Å². The molecule has 0 saturated heterocycles. The van der Waals surface area contributed by atoms with Crippen molar-refractivity contribution in [2.75, 3.05) is 6.16 Å². The van der Waals surface area contributed by atoms with E-state index in [4.69, 9.17) is 0 Å². The van der Waals surface area contributed by atoms with Crippen LogP contribution >= 0.6 is 7.60 Å². The second-order valence-corrected chi connectivity index (χ2v) is 4.69. The molecule has 0 N–H and O–H groups in total. The summed E-state index contributed by atoms with van der Waals surface area (Å²) >= 11 is 0. The number of rotatable bonds is 3. The van der Waals surface area contributed by atoms with Crippen LogP contribution in [0.1, 0.15) is 18.4 Å². The number of hydrogen-bond acceptors (Lipinski definition) is 3. The van der Waals surface area contributed by atoms with Crippen molar-refractivity contribution in [3.63, 3.8) is 0 Å². The predicted molar refractivity (Wildman–Crippen MR) is 47.3 cm³/mol. The number of hydrogen-bond donors (Lipinski definition) is 0. The maximum Gasteiger partial charge on any atom is -0.0144 e. The van der Waals surface area contributed by atoms with Crippen molar-refractivity contribution < 1.29 is 14.4 Å². The fraction of sp³-hybridized carbons (Fsp3) is 0.333. The third kappa shape index (κ3) is 3.73. The van der Waals surface area contributed by atoms with Crippen LogP contribution in [0.2, 0.25) is 0 Å². The quantitative estimate of drug-likeness (QED) is 0.671. The Morgan fingerprint density at radius 1 is 1.31 bits per heavy atom. The standard InChI is InChI=1S/C9H13O3P/c1-8(7-13(10,11)12)9-5-3-2-4-6-9/h2-6,8H,7H2,1H3,(H2,10,11,12)/p-2. The maximum atomic E-state index is 10.5. The predicted octanol–water partition coefficient (Wildman–Crippen LogP) is 0.704. The highest BCUT2D eigenvalue weighted by Gasteiger charge is 2.05. The van der Waals surface area contributed by atoms with E-state index in [0.29, 0.717) is 0 Å². The van der Waals surface area contributed by atoms with E-state index < -0.39 is 7.60 Å². The molecule has 0 radical (unpaired) electrons. The molecule has 0 aliphatic heterocycles. The molecule has 1 aromatic carbocycles. The topological polar surface area (TPSA) is 63.2 Å². The lowest BCUT2D eigenvalue weighted by Crippen LogP contribution is -2.19. The van der Waals surface area contributed by atoms with Crippen molar-refractivity contribution in [1.82, 2.24) is 0 Å². The molecule has 0 aliphatic carbocycles. The zero-order chi connectivity index (χ0) is 9.90. The molecule has 1 unspecified atom stereocenters. The molecule has 4 heteroatoms. The normalized spacial score (nSPS) is 14.1. The molecule has 0 saturated carbocycles. The molecule has 0 aromatic heterocycles. The molecule has 1 aromatic rings. The summed E-state index contributed by atoms with van der Waals surface area (Å²) in [6.45, 7) is 1.73. The van der Waals surface area contributed by atoms with Crippen LogP contribution in [-0.4, -0.2) is 6.16 Å². The zero-order valence-electron chi connectivity index (χ0n) is 7.34. The smallest absolute Gasteiger partial charge is 0.0144 e. The first kappa shape index (κ1) is 10.5. The maximum absolute atomic E-state index is 10.5. The molecule has 72 valence electrons. The molecule has 0 aliphatic rings. The van der Waals surface area contributed by atoms with Crippen molar-refractivity contribution in [3.05, 3.63) is 35.9 Å². The highest BCUT2D eigenvalue weighted by molar-refractivity contribution is 7.48. The molecule has 1 rings (SSSR count). The summed E-state index contributed by atoms with van der Waals surface area (Å²) in [5.41, 5.74) is 0.884. The molecule has 1 atom stereocenters. The molecular weight excluding hydrogens is 187 g/mol. The number of benzene rings is 1. The Labute approximate surface area is 77.6 Å². The van der Waals surface area contributed by atoms with Gasteiger partial charge in [0.05, 0.1) is 0 Å². The highest BCUT2D eigenvalue weighted by Crippen LogP contribution is 2.31. The van der Waals surface area contributed by atoms with Crippen LogP contribution in [0.3, 0.4) is 0 Å². The molecule has 0 heterocycles. The zero-order valence-corrected chi connectivity index (χ0v) is 8.24. The van der Waals surface area contributed by atoms with Crippen LogP contribution in [0, 0.1) is 0 Å².